The number of likely N-dealkylation sites (tertiary alicyclic amines) is 1. The van der Waals surface area contributed by atoms with Crippen molar-refractivity contribution in [2.24, 2.45) is 5.92 Å². The Morgan fingerprint density at radius 3 is 2.53 bits per heavy atom. The molecule has 4 unspecified atom stereocenters. The lowest BCUT2D eigenvalue weighted by Gasteiger charge is -2.21. The molecule has 1 aliphatic rings. The number of carbonyl (C=O) groups is 4. The van der Waals surface area contributed by atoms with Gasteiger partial charge >= 0.3 is 5.97 Å². The highest BCUT2D eigenvalue weighted by atomic mass is 16.5. The van der Waals surface area contributed by atoms with Gasteiger partial charge in [0.2, 0.25) is 11.8 Å². The van der Waals surface area contributed by atoms with Crippen LogP contribution in [0.25, 0.3) is 0 Å². The minimum absolute atomic E-state index is 0.0147. The number of nitrogens with zero attached hydrogens (tertiary/aromatic N) is 1. The van der Waals surface area contributed by atoms with Crippen molar-refractivity contribution in [3.63, 3.8) is 0 Å². The molecule has 0 bridgehead atoms. The normalized spacial score (nSPS) is 18.8. The number of imide groups is 1. The largest absolute Gasteiger partial charge is 0.468 e. The Hall–Kier alpha value is -2.42. The summed E-state index contributed by atoms with van der Waals surface area (Å²) in [5.74, 6) is -0.933. The second-order valence-corrected chi connectivity index (χ2v) is 8.55. The fourth-order valence-electron chi connectivity index (χ4n) is 3.49. The van der Waals surface area contributed by atoms with Gasteiger partial charge in [0.05, 0.1) is 20.0 Å². The van der Waals surface area contributed by atoms with Gasteiger partial charge in [-0.3, -0.25) is 24.1 Å². The third-order valence-electron chi connectivity index (χ3n) is 5.71. The average Bonchev–Trinajstić information content (AvgIpc) is 3.02. The van der Waals surface area contributed by atoms with Crippen molar-refractivity contribution in [2.75, 3.05) is 20.2 Å². The summed E-state index contributed by atoms with van der Waals surface area (Å²) in [5.41, 5.74) is 0.746. The number of methoxy groups -OCH3 is 1. The van der Waals surface area contributed by atoms with E-state index in [2.05, 4.69) is 22.5 Å². The quantitative estimate of drug-likeness (QED) is 0.196. The van der Waals surface area contributed by atoms with E-state index in [9.17, 15) is 19.2 Å². The molecule has 0 spiro atoms. The molecule has 4 atom stereocenters. The van der Waals surface area contributed by atoms with E-state index >= 15 is 0 Å². The van der Waals surface area contributed by atoms with Crippen molar-refractivity contribution in [1.29, 1.82) is 0 Å². The van der Waals surface area contributed by atoms with Crippen LogP contribution in [-0.2, 0) is 23.9 Å². The summed E-state index contributed by atoms with van der Waals surface area (Å²) in [7, 11) is 1.31. The maximum Gasteiger partial charge on any atom is 0.323 e. The predicted molar refractivity (Wildman–Crippen MR) is 122 cm³/mol. The number of amides is 3. The summed E-state index contributed by atoms with van der Waals surface area (Å²) in [6.45, 7) is 12.5. The Bertz CT molecular complexity index is 681. The lowest BCUT2D eigenvalue weighted by atomic mass is 10.0. The van der Waals surface area contributed by atoms with Crippen molar-refractivity contribution in [1.82, 2.24) is 20.9 Å². The van der Waals surface area contributed by atoms with Crippen LogP contribution < -0.4 is 16.0 Å². The lowest BCUT2D eigenvalue weighted by molar-refractivity contribution is -0.145. The maximum absolute atomic E-state index is 12.5. The molecule has 0 saturated carbocycles. The molecule has 1 heterocycles. The Kier molecular flexibility index (Phi) is 12.0. The first kappa shape index (κ1) is 27.6. The molecule has 3 N–H and O–H groups in total. The molecule has 182 valence electrons. The Balaban J connectivity index is 2.38. The zero-order valence-corrected chi connectivity index (χ0v) is 20.2. The summed E-state index contributed by atoms with van der Waals surface area (Å²) < 4.78 is 4.78. The molecule has 3 amide bonds. The second kappa shape index (κ2) is 13.9. The van der Waals surface area contributed by atoms with Crippen LogP contribution in [0, 0.1) is 5.92 Å². The highest BCUT2D eigenvalue weighted by Crippen LogP contribution is 2.18. The van der Waals surface area contributed by atoms with Crippen molar-refractivity contribution in [2.45, 2.75) is 84.3 Å². The van der Waals surface area contributed by atoms with E-state index in [0.29, 0.717) is 25.9 Å². The molecule has 1 rings (SSSR count). The van der Waals surface area contributed by atoms with E-state index in [1.807, 2.05) is 27.7 Å². The first-order valence-corrected chi connectivity index (χ1v) is 11.5. The molecule has 0 aromatic heterocycles. The Morgan fingerprint density at radius 1 is 1.25 bits per heavy atom. The van der Waals surface area contributed by atoms with E-state index in [0.717, 1.165) is 18.5 Å². The van der Waals surface area contributed by atoms with Gasteiger partial charge < -0.3 is 20.7 Å². The number of nitrogens with one attached hydrogen (secondary N) is 3. The van der Waals surface area contributed by atoms with Crippen molar-refractivity contribution in [3.8, 4) is 0 Å². The monoisotopic (exact) mass is 452 g/mol. The number of allylic oxidation sites excluding steroid dienone is 1. The van der Waals surface area contributed by atoms with Gasteiger partial charge in [-0.05, 0) is 38.5 Å². The number of hydrogen-bond acceptors (Lipinski definition) is 7. The number of carbonyl (C=O) groups excluding carboxylic acids is 4. The minimum atomic E-state index is -0.675. The van der Waals surface area contributed by atoms with E-state index < -0.39 is 18.1 Å². The van der Waals surface area contributed by atoms with Crippen LogP contribution in [0.15, 0.2) is 12.3 Å². The topological polar surface area (TPSA) is 117 Å². The Labute approximate surface area is 191 Å². The molecule has 9 heteroatoms. The minimum Gasteiger partial charge on any atom is -0.468 e. The summed E-state index contributed by atoms with van der Waals surface area (Å²) in [6.07, 6.45) is 3.17. The lowest BCUT2D eigenvalue weighted by Crippen LogP contribution is -2.45. The fourth-order valence-corrected chi connectivity index (χ4v) is 3.49. The molecule has 0 aromatic carbocycles. The molecule has 1 aliphatic heterocycles. The standard InChI is InChI=1S/C23H40N4O5/c1-7-16(4)25-18-13-21(29)27(22(18)30)14-15(3)10-9-11-24-20(28)12-19(23(31)32-6)26-17(5)8-2/h15,17-19,25-26H,4,7-14H2,1-3,5-6H3,(H,24,28). The highest BCUT2D eigenvalue weighted by molar-refractivity contribution is 6.05. The number of esters is 1. The van der Waals surface area contributed by atoms with E-state index in [4.69, 9.17) is 4.74 Å². The summed E-state index contributed by atoms with van der Waals surface area (Å²) in [6, 6.07) is -1.10. The molecular formula is C23H40N4O5. The van der Waals surface area contributed by atoms with Crippen LogP contribution in [0.1, 0.15) is 66.2 Å². The molecule has 32 heavy (non-hydrogen) atoms. The van der Waals surface area contributed by atoms with E-state index in [-0.39, 0.29) is 42.5 Å². The molecule has 9 nitrogen and oxygen atoms in total. The fraction of sp³-hybridized carbons (Fsp3) is 0.739. The van der Waals surface area contributed by atoms with Crippen LogP contribution in [-0.4, -0.2) is 66.9 Å². The van der Waals surface area contributed by atoms with Crippen LogP contribution >= 0.6 is 0 Å². The van der Waals surface area contributed by atoms with Crippen molar-refractivity contribution >= 4 is 23.7 Å². The van der Waals surface area contributed by atoms with Gasteiger partial charge in [0.15, 0.2) is 0 Å². The van der Waals surface area contributed by atoms with Crippen LogP contribution in [0.5, 0.6) is 0 Å². The zero-order valence-electron chi connectivity index (χ0n) is 20.2. The molecule has 0 aliphatic carbocycles. The van der Waals surface area contributed by atoms with Crippen molar-refractivity contribution < 1.29 is 23.9 Å². The average molecular weight is 453 g/mol. The predicted octanol–water partition coefficient (Wildman–Crippen LogP) is 1.48. The van der Waals surface area contributed by atoms with Crippen molar-refractivity contribution in [3.05, 3.63) is 12.3 Å². The van der Waals surface area contributed by atoms with Gasteiger partial charge in [0, 0.05) is 24.8 Å². The molecule has 1 fully saturated rings. The first-order valence-electron chi connectivity index (χ1n) is 11.5. The van der Waals surface area contributed by atoms with Gasteiger partial charge in [0.1, 0.15) is 12.1 Å². The van der Waals surface area contributed by atoms with Gasteiger partial charge in [0.25, 0.3) is 5.91 Å². The van der Waals surface area contributed by atoms with Crippen LogP contribution in [0.3, 0.4) is 0 Å². The number of hydrogen-bond donors (Lipinski definition) is 3. The SMILES string of the molecule is C=C(CC)NC1CC(=O)N(CC(C)CCCNC(=O)CC(NC(C)CC)C(=O)OC)C1=O. The van der Waals surface area contributed by atoms with Crippen LogP contribution in [0.2, 0.25) is 0 Å². The molecule has 0 aromatic rings. The first-order chi connectivity index (χ1) is 15.1. The maximum atomic E-state index is 12.5. The van der Waals surface area contributed by atoms with E-state index in [1.165, 1.54) is 12.0 Å². The second-order valence-electron chi connectivity index (χ2n) is 8.55. The van der Waals surface area contributed by atoms with Crippen LogP contribution in [0.4, 0.5) is 0 Å². The van der Waals surface area contributed by atoms with E-state index in [1.54, 1.807) is 0 Å². The summed E-state index contributed by atoms with van der Waals surface area (Å²) >= 11 is 0. The number of rotatable bonds is 15. The smallest absolute Gasteiger partial charge is 0.323 e. The van der Waals surface area contributed by atoms with Gasteiger partial charge in [-0.1, -0.05) is 27.4 Å². The highest BCUT2D eigenvalue weighted by Gasteiger charge is 2.38. The van der Waals surface area contributed by atoms with Gasteiger partial charge in [-0.15, -0.1) is 0 Å². The third-order valence-corrected chi connectivity index (χ3v) is 5.71. The Morgan fingerprint density at radius 2 is 1.94 bits per heavy atom. The summed E-state index contributed by atoms with van der Waals surface area (Å²) in [5, 5.41) is 8.97. The molecular weight excluding hydrogens is 412 g/mol. The molecule has 0 radical (unpaired) electrons. The zero-order chi connectivity index (χ0) is 24.3. The van der Waals surface area contributed by atoms with Gasteiger partial charge in [-0.25, -0.2) is 0 Å². The summed E-state index contributed by atoms with van der Waals surface area (Å²) in [4.78, 5) is 50.2. The molecule has 1 saturated heterocycles. The van der Waals surface area contributed by atoms with Gasteiger partial charge in [-0.2, -0.15) is 0 Å². The number of ether oxygens (including phenoxy) is 1. The third kappa shape index (κ3) is 8.98.